The van der Waals surface area contributed by atoms with Crippen molar-refractivity contribution in [1.29, 1.82) is 0 Å². The molecule has 0 aromatic heterocycles. The van der Waals surface area contributed by atoms with Crippen molar-refractivity contribution in [1.82, 2.24) is 0 Å². The summed E-state index contributed by atoms with van der Waals surface area (Å²) < 4.78 is 15.3. The fourth-order valence-corrected chi connectivity index (χ4v) is 1.37. The van der Waals surface area contributed by atoms with E-state index in [-0.39, 0.29) is 5.76 Å². The second-order valence-electron chi connectivity index (χ2n) is 3.44. The molecule has 0 aliphatic heterocycles. The van der Waals surface area contributed by atoms with Crippen molar-refractivity contribution in [2.45, 2.75) is 13.8 Å². The maximum Gasteiger partial charge on any atom is 0.373 e. The lowest BCUT2D eigenvalue weighted by Gasteiger charge is -2.07. The Hall–Kier alpha value is -1.97. The molecule has 1 aromatic rings. The van der Waals surface area contributed by atoms with E-state index in [1.807, 2.05) is 31.2 Å². The van der Waals surface area contributed by atoms with Crippen LogP contribution in [-0.4, -0.2) is 26.3 Å². The average molecular weight is 250 g/mol. The molecule has 98 valence electrons. The first-order chi connectivity index (χ1) is 8.71. The molecule has 0 fully saturated rings. The number of benzene rings is 1. The summed E-state index contributed by atoms with van der Waals surface area (Å²) in [6, 6.07) is 7.33. The van der Waals surface area contributed by atoms with Crippen LogP contribution < -0.4 is 4.74 Å². The van der Waals surface area contributed by atoms with E-state index in [0.717, 1.165) is 11.3 Å². The van der Waals surface area contributed by atoms with Crippen molar-refractivity contribution in [3.8, 4) is 5.75 Å². The lowest BCUT2D eigenvalue weighted by atomic mass is 10.2. The second kappa shape index (κ2) is 7.37. The first kappa shape index (κ1) is 14.1. The van der Waals surface area contributed by atoms with Crippen LogP contribution in [0.5, 0.6) is 5.75 Å². The number of ether oxygens (including phenoxy) is 3. The van der Waals surface area contributed by atoms with Crippen LogP contribution in [0.15, 0.2) is 30.0 Å². The number of carbonyl (C=O) groups is 1. The van der Waals surface area contributed by atoms with Gasteiger partial charge in [-0.1, -0.05) is 12.1 Å². The third-order valence-electron chi connectivity index (χ3n) is 2.19. The lowest BCUT2D eigenvalue weighted by molar-refractivity contribution is -0.142. The Balaban J connectivity index is 2.88. The number of hydrogen-bond donors (Lipinski definition) is 0. The van der Waals surface area contributed by atoms with E-state index in [1.54, 1.807) is 20.1 Å². The fourth-order valence-electron chi connectivity index (χ4n) is 1.37. The zero-order valence-electron chi connectivity index (χ0n) is 10.9. The number of rotatable bonds is 6. The van der Waals surface area contributed by atoms with E-state index in [2.05, 4.69) is 0 Å². The van der Waals surface area contributed by atoms with Gasteiger partial charge in [0.25, 0.3) is 0 Å². The average Bonchev–Trinajstić information content (AvgIpc) is 2.39. The smallest absolute Gasteiger partial charge is 0.373 e. The molecule has 0 saturated carbocycles. The molecule has 0 saturated heterocycles. The van der Waals surface area contributed by atoms with Crippen molar-refractivity contribution in [3.63, 3.8) is 0 Å². The van der Waals surface area contributed by atoms with Gasteiger partial charge < -0.3 is 14.2 Å². The number of carbonyl (C=O) groups excluding carboxylic acids is 1. The molecule has 0 amide bonds. The van der Waals surface area contributed by atoms with E-state index < -0.39 is 5.97 Å². The standard InChI is InChI=1S/C14H18O4/c1-4-17-13(14(15)18-5-2)10-11-6-8-12(16-3)9-7-11/h6-10H,4-5H2,1-3H3/b13-10-. The van der Waals surface area contributed by atoms with E-state index in [0.29, 0.717) is 13.2 Å². The van der Waals surface area contributed by atoms with Crippen molar-refractivity contribution in [3.05, 3.63) is 35.6 Å². The highest BCUT2D eigenvalue weighted by Crippen LogP contribution is 2.15. The van der Waals surface area contributed by atoms with Gasteiger partial charge in [0.05, 0.1) is 20.3 Å². The van der Waals surface area contributed by atoms with Crippen LogP contribution in [-0.2, 0) is 14.3 Å². The third kappa shape index (κ3) is 4.13. The molecule has 0 unspecified atom stereocenters. The summed E-state index contributed by atoms with van der Waals surface area (Å²) >= 11 is 0. The SMILES string of the molecule is CCOC(=O)/C(=C/c1ccc(OC)cc1)OCC. The normalized spacial score (nSPS) is 10.9. The van der Waals surface area contributed by atoms with Crippen molar-refractivity contribution in [2.24, 2.45) is 0 Å². The summed E-state index contributed by atoms with van der Waals surface area (Å²) in [5.74, 6) is 0.529. The molecule has 0 heterocycles. The molecule has 0 radical (unpaired) electrons. The topological polar surface area (TPSA) is 44.8 Å². The summed E-state index contributed by atoms with van der Waals surface area (Å²) in [5.41, 5.74) is 0.854. The zero-order chi connectivity index (χ0) is 13.4. The molecule has 1 aromatic carbocycles. The molecule has 18 heavy (non-hydrogen) atoms. The van der Waals surface area contributed by atoms with Gasteiger partial charge >= 0.3 is 5.97 Å². The molecule has 0 bridgehead atoms. The molecular weight excluding hydrogens is 232 g/mol. The Morgan fingerprint density at radius 2 is 1.72 bits per heavy atom. The molecule has 0 aliphatic carbocycles. The van der Waals surface area contributed by atoms with E-state index in [1.165, 1.54) is 0 Å². The van der Waals surface area contributed by atoms with E-state index >= 15 is 0 Å². The van der Waals surface area contributed by atoms with Crippen molar-refractivity contribution in [2.75, 3.05) is 20.3 Å². The van der Waals surface area contributed by atoms with Gasteiger partial charge in [0, 0.05) is 0 Å². The molecular formula is C14H18O4. The van der Waals surface area contributed by atoms with Crippen LogP contribution in [0.2, 0.25) is 0 Å². The van der Waals surface area contributed by atoms with Gasteiger partial charge in [0.2, 0.25) is 5.76 Å². The number of methoxy groups -OCH3 is 1. The van der Waals surface area contributed by atoms with Crippen molar-refractivity contribution < 1.29 is 19.0 Å². The van der Waals surface area contributed by atoms with Gasteiger partial charge in [0.1, 0.15) is 5.75 Å². The van der Waals surface area contributed by atoms with Crippen LogP contribution >= 0.6 is 0 Å². The second-order valence-corrected chi connectivity index (χ2v) is 3.44. The van der Waals surface area contributed by atoms with Crippen LogP contribution in [0.1, 0.15) is 19.4 Å². The van der Waals surface area contributed by atoms with Crippen LogP contribution in [0, 0.1) is 0 Å². The van der Waals surface area contributed by atoms with Gasteiger partial charge in [-0.3, -0.25) is 0 Å². The van der Waals surface area contributed by atoms with E-state index in [9.17, 15) is 4.79 Å². The third-order valence-corrected chi connectivity index (χ3v) is 2.19. The van der Waals surface area contributed by atoms with E-state index in [4.69, 9.17) is 14.2 Å². The molecule has 0 N–H and O–H groups in total. The quantitative estimate of drug-likeness (QED) is 0.442. The fraction of sp³-hybridized carbons (Fsp3) is 0.357. The minimum Gasteiger partial charge on any atom is -0.497 e. The minimum absolute atomic E-state index is 0.213. The summed E-state index contributed by atoms with van der Waals surface area (Å²) in [5, 5.41) is 0. The van der Waals surface area contributed by atoms with Gasteiger partial charge in [-0.05, 0) is 37.6 Å². The summed E-state index contributed by atoms with van der Waals surface area (Å²) in [6.45, 7) is 4.32. The molecule has 0 aliphatic rings. The van der Waals surface area contributed by atoms with Crippen LogP contribution in [0.4, 0.5) is 0 Å². The minimum atomic E-state index is -0.449. The van der Waals surface area contributed by atoms with Gasteiger partial charge in [-0.25, -0.2) is 4.79 Å². The first-order valence-electron chi connectivity index (χ1n) is 5.87. The molecule has 0 atom stereocenters. The number of esters is 1. The Labute approximate surface area is 107 Å². The van der Waals surface area contributed by atoms with Gasteiger partial charge in [-0.15, -0.1) is 0 Å². The molecule has 4 nitrogen and oxygen atoms in total. The highest BCUT2D eigenvalue weighted by molar-refractivity contribution is 5.91. The lowest BCUT2D eigenvalue weighted by Crippen LogP contribution is -2.10. The highest BCUT2D eigenvalue weighted by Gasteiger charge is 2.11. The first-order valence-corrected chi connectivity index (χ1v) is 5.87. The summed E-state index contributed by atoms with van der Waals surface area (Å²) in [4.78, 5) is 11.6. The molecule has 0 spiro atoms. The van der Waals surface area contributed by atoms with Gasteiger partial charge in [-0.2, -0.15) is 0 Å². The Kier molecular flexibility index (Phi) is 5.77. The van der Waals surface area contributed by atoms with Gasteiger partial charge in [0.15, 0.2) is 0 Å². The summed E-state index contributed by atoms with van der Waals surface area (Å²) in [6.07, 6.45) is 1.65. The maximum absolute atomic E-state index is 11.6. The summed E-state index contributed by atoms with van der Waals surface area (Å²) in [7, 11) is 1.61. The van der Waals surface area contributed by atoms with Crippen molar-refractivity contribution >= 4 is 12.0 Å². The van der Waals surface area contributed by atoms with Crippen LogP contribution in [0.25, 0.3) is 6.08 Å². The Bertz CT molecular complexity index is 406. The zero-order valence-corrected chi connectivity index (χ0v) is 10.9. The predicted octanol–water partition coefficient (Wildman–Crippen LogP) is 2.64. The molecule has 4 heteroatoms. The van der Waals surface area contributed by atoms with Crippen LogP contribution in [0.3, 0.4) is 0 Å². The number of hydrogen-bond acceptors (Lipinski definition) is 4. The Morgan fingerprint density at radius 1 is 1.11 bits per heavy atom. The largest absolute Gasteiger partial charge is 0.497 e. The predicted molar refractivity (Wildman–Crippen MR) is 69.2 cm³/mol. The Morgan fingerprint density at radius 3 is 2.22 bits per heavy atom. The monoisotopic (exact) mass is 250 g/mol. The highest BCUT2D eigenvalue weighted by atomic mass is 16.6. The molecule has 1 rings (SSSR count). The maximum atomic E-state index is 11.6.